The summed E-state index contributed by atoms with van der Waals surface area (Å²) in [6.45, 7) is 2.59. The summed E-state index contributed by atoms with van der Waals surface area (Å²) in [4.78, 5) is 27.3. The quantitative estimate of drug-likeness (QED) is 0.601. The van der Waals surface area contributed by atoms with Crippen LogP contribution in [0.4, 0.5) is 11.4 Å². The van der Waals surface area contributed by atoms with Crippen molar-refractivity contribution < 1.29 is 9.59 Å². The van der Waals surface area contributed by atoms with E-state index in [-0.39, 0.29) is 24.2 Å². The second-order valence-electron chi connectivity index (χ2n) is 7.95. The third kappa shape index (κ3) is 5.15. The van der Waals surface area contributed by atoms with Crippen LogP contribution in [-0.2, 0) is 22.6 Å². The molecule has 30 heavy (non-hydrogen) atoms. The number of aryl methyl sites for hydroxylation is 1. The van der Waals surface area contributed by atoms with Crippen LogP contribution >= 0.6 is 0 Å². The Morgan fingerprint density at radius 2 is 1.63 bits per heavy atom. The van der Waals surface area contributed by atoms with Gasteiger partial charge in [0.1, 0.15) is 0 Å². The van der Waals surface area contributed by atoms with Crippen LogP contribution in [0.3, 0.4) is 0 Å². The molecule has 0 radical (unpaired) electrons. The third-order valence-electron chi connectivity index (χ3n) is 5.30. The molecule has 0 aromatic heterocycles. The van der Waals surface area contributed by atoms with Crippen molar-refractivity contribution in [1.29, 1.82) is 0 Å². The second-order valence-corrected chi connectivity index (χ2v) is 7.95. The highest BCUT2D eigenvalue weighted by molar-refractivity contribution is 5.97. The van der Waals surface area contributed by atoms with E-state index in [9.17, 15) is 9.59 Å². The van der Waals surface area contributed by atoms with Gasteiger partial charge in [-0.2, -0.15) is 0 Å². The first-order valence-corrected chi connectivity index (χ1v) is 10.4. The van der Waals surface area contributed by atoms with Gasteiger partial charge < -0.3 is 10.2 Å². The molecule has 0 heterocycles. The van der Waals surface area contributed by atoms with Crippen LogP contribution in [0.5, 0.6) is 0 Å². The van der Waals surface area contributed by atoms with Crippen LogP contribution in [0.25, 0.3) is 0 Å². The van der Waals surface area contributed by atoms with E-state index >= 15 is 0 Å². The number of nitrogens with zero attached hydrogens (tertiary/aromatic N) is 1. The molecule has 0 saturated heterocycles. The number of carbonyl (C=O) groups is 2. The molecular formula is C26H26N2O2. The van der Waals surface area contributed by atoms with Crippen LogP contribution in [0.1, 0.15) is 29.5 Å². The fourth-order valence-electron chi connectivity index (χ4n) is 3.47. The van der Waals surface area contributed by atoms with Crippen molar-refractivity contribution >= 4 is 23.2 Å². The topological polar surface area (TPSA) is 49.4 Å². The number of nitrogens with one attached hydrogen (secondary N) is 1. The number of amides is 2. The molecule has 0 atom stereocenters. The number of hydrogen-bond acceptors (Lipinski definition) is 2. The van der Waals surface area contributed by atoms with Gasteiger partial charge in [0.15, 0.2) is 0 Å². The molecule has 1 aliphatic rings. The summed E-state index contributed by atoms with van der Waals surface area (Å²) in [5, 5.41) is 2.92. The molecule has 3 aromatic rings. The van der Waals surface area contributed by atoms with Crippen molar-refractivity contribution in [3.63, 3.8) is 0 Å². The first kappa shape index (κ1) is 19.9. The highest BCUT2D eigenvalue weighted by atomic mass is 16.2. The molecule has 152 valence electrons. The lowest BCUT2D eigenvalue weighted by Gasteiger charge is -2.24. The van der Waals surface area contributed by atoms with Crippen LogP contribution < -0.4 is 10.2 Å². The van der Waals surface area contributed by atoms with E-state index < -0.39 is 0 Å². The van der Waals surface area contributed by atoms with Gasteiger partial charge in [0, 0.05) is 17.3 Å². The maximum Gasteiger partial charge on any atom is 0.230 e. The molecule has 2 amide bonds. The summed E-state index contributed by atoms with van der Waals surface area (Å²) in [5.74, 6) is 0.221. The van der Waals surface area contributed by atoms with Gasteiger partial charge in [-0.05, 0) is 55.2 Å². The molecule has 1 aliphatic carbocycles. The van der Waals surface area contributed by atoms with Gasteiger partial charge in [-0.25, -0.2) is 0 Å². The lowest BCUT2D eigenvalue weighted by Crippen LogP contribution is -2.31. The Morgan fingerprint density at radius 3 is 2.33 bits per heavy atom. The lowest BCUT2D eigenvalue weighted by molar-refractivity contribution is -0.120. The average molecular weight is 399 g/mol. The number of rotatable bonds is 7. The minimum absolute atomic E-state index is 0.0723. The summed E-state index contributed by atoms with van der Waals surface area (Å²) >= 11 is 0. The summed E-state index contributed by atoms with van der Waals surface area (Å²) in [6.07, 6.45) is 2.18. The molecule has 4 heteroatoms. The molecule has 0 unspecified atom stereocenters. The fourth-order valence-corrected chi connectivity index (χ4v) is 3.47. The number of anilines is 2. The van der Waals surface area contributed by atoms with E-state index in [2.05, 4.69) is 36.5 Å². The molecule has 0 bridgehead atoms. The molecule has 1 saturated carbocycles. The van der Waals surface area contributed by atoms with Crippen LogP contribution in [0, 0.1) is 12.8 Å². The maximum atomic E-state index is 13.0. The average Bonchev–Trinajstić information content (AvgIpc) is 3.59. The van der Waals surface area contributed by atoms with Crippen molar-refractivity contribution in [1.82, 2.24) is 0 Å². The number of para-hydroxylation sites is 1. The summed E-state index contributed by atoms with van der Waals surface area (Å²) in [6, 6.07) is 25.5. The van der Waals surface area contributed by atoms with E-state index in [0.717, 1.165) is 35.3 Å². The summed E-state index contributed by atoms with van der Waals surface area (Å²) in [5.41, 5.74) is 4.81. The van der Waals surface area contributed by atoms with Crippen molar-refractivity contribution in [3.05, 3.63) is 95.6 Å². The Hall–Kier alpha value is -3.40. The van der Waals surface area contributed by atoms with Gasteiger partial charge in [-0.15, -0.1) is 0 Å². The molecule has 1 fully saturated rings. The molecule has 4 rings (SSSR count). The van der Waals surface area contributed by atoms with Crippen molar-refractivity contribution in [3.8, 4) is 0 Å². The molecule has 0 spiro atoms. The van der Waals surface area contributed by atoms with Crippen molar-refractivity contribution in [2.75, 3.05) is 10.2 Å². The summed E-state index contributed by atoms with van der Waals surface area (Å²) < 4.78 is 0. The predicted molar refractivity (Wildman–Crippen MR) is 120 cm³/mol. The van der Waals surface area contributed by atoms with Gasteiger partial charge in [-0.1, -0.05) is 60.2 Å². The van der Waals surface area contributed by atoms with E-state index in [1.54, 1.807) is 0 Å². The van der Waals surface area contributed by atoms with Gasteiger partial charge >= 0.3 is 0 Å². The number of carbonyl (C=O) groups excluding carboxylic acids is 2. The molecule has 4 nitrogen and oxygen atoms in total. The Kier molecular flexibility index (Phi) is 5.94. The van der Waals surface area contributed by atoms with Gasteiger partial charge in [-0.3, -0.25) is 9.59 Å². The Balaban J connectivity index is 1.51. The molecular weight excluding hydrogens is 372 g/mol. The minimum Gasteiger partial charge on any atom is -0.326 e. The van der Waals surface area contributed by atoms with Crippen molar-refractivity contribution in [2.45, 2.75) is 32.7 Å². The maximum absolute atomic E-state index is 13.0. The van der Waals surface area contributed by atoms with E-state index in [1.807, 2.05) is 59.5 Å². The smallest absolute Gasteiger partial charge is 0.230 e. The Labute approximate surface area is 177 Å². The first-order valence-electron chi connectivity index (χ1n) is 10.4. The number of benzene rings is 3. The highest BCUT2D eigenvalue weighted by Crippen LogP contribution is 2.33. The third-order valence-corrected chi connectivity index (χ3v) is 5.30. The molecule has 3 aromatic carbocycles. The van der Waals surface area contributed by atoms with Crippen LogP contribution in [-0.4, -0.2) is 11.8 Å². The summed E-state index contributed by atoms with van der Waals surface area (Å²) in [7, 11) is 0. The Morgan fingerprint density at radius 1 is 0.900 bits per heavy atom. The predicted octanol–water partition coefficient (Wildman–Crippen LogP) is 5.12. The fraction of sp³-hybridized carbons (Fsp3) is 0.231. The number of hydrogen-bond donors (Lipinski definition) is 1. The van der Waals surface area contributed by atoms with Crippen LogP contribution in [0.15, 0.2) is 78.9 Å². The van der Waals surface area contributed by atoms with E-state index in [1.165, 1.54) is 5.56 Å². The lowest BCUT2D eigenvalue weighted by atomic mass is 10.1. The van der Waals surface area contributed by atoms with Crippen molar-refractivity contribution in [2.24, 2.45) is 5.92 Å². The van der Waals surface area contributed by atoms with E-state index in [0.29, 0.717) is 6.54 Å². The normalized spacial score (nSPS) is 13.0. The zero-order valence-corrected chi connectivity index (χ0v) is 17.2. The van der Waals surface area contributed by atoms with Gasteiger partial charge in [0.25, 0.3) is 0 Å². The first-order chi connectivity index (χ1) is 14.6. The largest absolute Gasteiger partial charge is 0.326 e. The van der Waals surface area contributed by atoms with Gasteiger partial charge in [0.05, 0.1) is 13.0 Å². The molecule has 0 aliphatic heterocycles. The zero-order chi connectivity index (χ0) is 20.9. The van der Waals surface area contributed by atoms with E-state index in [4.69, 9.17) is 0 Å². The van der Waals surface area contributed by atoms with Gasteiger partial charge in [0.2, 0.25) is 11.8 Å². The standard InChI is InChI=1S/C26H26N2O2/c1-19-10-12-20(13-11-19)18-28(26(30)22-14-15-22)24-9-5-6-21(16-24)17-25(29)27-23-7-3-2-4-8-23/h2-13,16,22H,14-15,17-18H2,1H3,(H,27,29). The monoisotopic (exact) mass is 398 g/mol. The SMILES string of the molecule is Cc1ccc(CN(C(=O)C2CC2)c2cccc(CC(=O)Nc3ccccc3)c2)cc1. The molecule has 1 N–H and O–H groups in total. The second kappa shape index (κ2) is 8.95. The zero-order valence-electron chi connectivity index (χ0n) is 17.2. The Bertz CT molecular complexity index is 1020. The minimum atomic E-state index is -0.0723. The highest BCUT2D eigenvalue weighted by Gasteiger charge is 2.34. The van der Waals surface area contributed by atoms with Crippen LogP contribution in [0.2, 0.25) is 0 Å².